The molecule has 4 nitrogen and oxygen atoms in total. The number of piperidine rings is 1. The first-order valence-corrected chi connectivity index (χ1v) is 7.57. The molecular weight excluding hydrogens is 290 g/mol. The second-order valence-electron chi connectivity index (χ2n) is 5.71. The molecule has 1 heterocycles. The van der Waals surface area contributed by atoms with E-state index in [0.29, 0.717) is 36.4 Å². The van der Waals surface area contributed by atoms with Crippen molar-refractivity contribution in [1.29, 1.82) is 0 Å². The van der Waals surface area contributed by atoms with Crippen molar-refractivity contribution < 1.29 is 14.7 Å². The van der Waals surface area contributed by atoms with E-state index in [-0.39, 0.29) is 12.5 Å². The molecule has 2 rings (SSSR count). The SMILES string of the molecule is CCC1(C(=O)O)CCCN(C(=O)c2cccc(C)c2Cl)C1. The molecule has 0 aliphatic carbocycles. The third-order valence-electron chi connectivity index (χ3n) is 4.42. The Morgan fingerprint density at radius 3 is 2.76 bits per heavy atom. The molecule has 0 bridgehead atoms. The number of carbonyl (C=O) groups excluding carboxylic acids is 1. The van der Waals surface area contributed by atoms with Gasteiger partial charge in [-0.3, -0.25) is 9.59 Å². The minimum absolute atomic E-state index is 0.178. The summed E-state index contributed by atoms with van der Waals surface area (Å²) < 4.78 is 0. The van der Waals surface area contributed by atoms with Gasteiger partial charge in [0.05, 0.1) is 16.0 Å². The number of benzene rings is 1. The van der Waals surface area contributed by atoms with E-state index < -0.39 is 11.4 Å². The topological polar surface area (TPSA) is 57.6 Å². The summed E-state index contributed by atoms with van der Waals surface area (Å²) >= 11 is 6.21. The van der Waals surface area contributed by atoms with Gasteiger partial charge in [0.1, 0.15) is 0 Å². The number of amides is 1. The minimum atomic E-state index is -0.829. The van der Waals surface area contributed by atoms with Crippen LogP contribution >= 0.6 is 11.6 Å². The molecule has 0 radical (unpaired) electrons. The van der Waals surface area contributed by atoms with Crippen molar-refractivity contribution in [3.8, 4) is 0 Å². The fourth-order valence-electron chi connectivity index (χ4n) is 2.90. The predicted molar refractivity (Wildman–Crippen MR) is 81.7 cm³/mol. The maximum atomic E-state index is 12.6. The summed E-state index contributed by atoms with van der Waals surface area (Å²) in [5.74, 6) is -1.000. The van der Waals surface area contributed by atoms with Crippen molar-refractivity contribution in [1.82, 2.24) is 4.90 Å². The summed E-state index contributed by atoms with van der Waals surface area (Å²) in [7, 11) is 0. The number of rotatable bonds is 3. The summed E-state index contributed by atoms with van der Waals surface area (Å²) in [6.45, 7) is 4.55. The van der Waals surface area contributed by atoms with E-state index in [2.05, 4.69) is 0 Å². The fraction of sp³-hybridized carbons (Fsp3) is 0.500. The maximum absolute atomic E-state index is 12.6. The standard InChI is InChI=1S/C16H20ClNO3/c1-3-16(15(20)21)8-5-9-18(10-16)14(19)12-7-4-6-11(2)13(12)17/h4,6-7H,3,5,8-10H2,1-2H3,(H,20,21). The second kappa shape index (κ2) is 6.06. The molecule has 1 aliphatic heterocycles. The minimum Gasteiger partial charge on any atom is -0.481 e. The largest absolute Gasteiger partial charge is 0.481 e. The third kappa shape index (κ3) is 2.91. The highest BCUT2D eigenvalue weighted by atomic mass is 35.5. The van der Waals surface area contributed by atoms with Crippen LogP contribution in [0.3, 0.4) is 0 Å². The Kier molecular flexibility index (Phi) is 4.57. The van der Waals surface area contributed by atoms with Crippen molar-refractivity contribution in [2.75, 3.05) is 13.1 Å². The van der Waals surface area contributed by atoms with E-state index in [0.717, 1.165) is 5.56 Å². The van der Waals surface area contributed by atoms with Crippen LogP contribution in [0.25, 0.3) is 0 Å². The van der Waals surface area contributed by atoms with Crippen LogP contribution in [-0.4, -0.2) is 35.0 Å². The Morgan fingerprint density at radius 2 is 2.14 bits per heavy atom. The van der Waals surface area contributed by atoms with Crippen molar-refractivity contribution in [2.45, 2.75) is 33.1 Å². The molecule has 1 amide bonds. The monoisotopic (exact) mass is 309 g/mol. The molecule has 1 aromatic rings. The summed E-state index contributed by atoms with van der Waals surface area (Å²) in [6.07, 6.45) is 1.84. The molecule has 21 heavy (non-hydrogen) atoms. The van der Waals surface area contributed by atoms with Gasteiger partial charge in [0.2, 0.25) is 0 Å². The zero-order valence-corrected chi connectivity index (χ0v) is 13.1. The van der Waals surface area contributed by atoms with E-state index >= 15 is 0 Å². The Labute approximate surface area is 129 Å². The van der Waals surface area contributed by atoms with Gasteiger partial charge in [-0.1, -0.05) is 30.7 Å². The maximum Gasteiger partial charge on any atom is 0.311 e. The molecule has 0 aromatic heterocycles. The molecule has 0 saturated carbocycles. The van der Waals surface area contributed by atoms with Crippen LogP contribution in [0.5, 0.6) is 0 Å². The third-order valence-corrected chi connectivity index (χ3v) is 4.92. The number of aliphatic carboxylic acids is 1. The molecule has 1 atom stereocenters. The fourth-order valence-corrected chi connectivity index (χ4v) is 3.11. The number of hydrogen-bond acceptors (Lipinski definition) is 2. The first kappa shape index (κ1) is 15.8. The van der Waals surface area contributed by atoms with Gasteiger partial charge in [0, 0.05) is 13.1 Å². The average molecular weight is 310 g/mol. The highest BCUT2D eigenvalue weighted by Crippen LogP contribution is 2.35. The summed E-state index contributed by atoms with van der Waals surface area (Å²) in [4.78, 5) is 25.8. The normalized spacial score (nSPS) is 22.1. The van der Waals surface area contributed by atoms with Crippen molar-refractivity contribution in [3.05, 3.63) is 34.3 Å². The number of halogens is 1. The molecule has 1 saturated heterocycles. The Morgan fingerprint density at radius 1 is 1.43 bits per heavy atom. The lowest BCUT2D eigenvalue weighted by atomic mass is 9.77. The predicted octanol–water partition coefficient (Wildman–Crippen LogP) is 3.37. The molecule has 1 N–H and O–H groups in total. The number of carbonyl (C=O) groups is 2. The molecule has 5 heteroatoms. The van der Waals surface area contributed by atoms with E-state index in [1.165, 1.54) is 0 Å². The lowest BCUT2D eigenvalue weighted by Gasteiger charge is -2.39. The molecule has 1 aromatic carbocycles. The molecule has 1 fully saturated rings. The van der Waals surface area contributed by atoms with E-state index in [9.17, 15) is 14.7 Å². The number of carboxylic acids is 1. The van der Waals surface area contributed by atoms with Crippen molar-refractivity contribution in [2.24, 2.45) is 5.41 Å². The summed E-state index contributed by atoms with van der Waals surface area (Å²) in [6, 6.07) is 5.34. The first-order chi connectivity index (χ1) is 9.91. The zero-order chi connectivity index (χ0) is 15.6. The van der Waals surface area contributed by atoms with E-state index in [1.54, 1.807) is 17.0 Å². The van der Waals surface area contributed by atoms with Gasteiger partial charge in [0.15, 0.2) is 0 Å². The van der Waals surface area contributed by atoms with Crippen LogP contribution in [0.2, 0.25) is 5.02 Å². The van der Waals surface area contributed by atoms with Gasteiger partial charge in [-0.05, 0) is 37.8 Å². The number of carboxylic acid groups (broad SMARTS) is 1. The van der Waals surface area contributed by atoms with E-state index in [1.807, 2.05) is 19.9 Å². The first-order valence-electron chi connectivity index (χ1n) is 7.19. The summed E-state index contributed by atoms with van der Waals surface area (Å²) in [5.41, 5.74) is 0.470. The molecular formula is C16H20ClNO3. The van der Waals surface area contributed by atoms with Crippen LogP contribution in [0.4, 0.5) is 0 Å². The van der Waals surface area contributed by atoms with Crippen molar-refractivity contribution >= 4 is 23.5 Å². The second-order valence-corrected chi connectivity index (χ2v) is 6.08. The molecule has 1 unspecified atom stereocenters. The van der Waals surface area contributed by atoms with Crippen LogP contribution in [0.1, 0.15) is 42.1 Å². The Hall–Kier alpha value is -1.55. The molecule has 114 valence electrons. The number of aryl methyl sites for hydroxylation is 1. The number of hydrogen-bond donors (Lipinski definition) is 1. The van der Waals surface area contributed by atoms with Gasteiger partial charge < -0.3 is 10.0 Å². The smallest absolute Gasteiger partial charge is 0.311 e. The molecule has 1 aliphatic rings. The zero-order valence-electron chi connectivity index (χ0n) is 12.4. The number of nitrogens with zero attached hydrogens (tertiary/aromatic N) is 1. The van der Waals surface area contributed by atoms with Gasteiger partial charge in [-0.15, -0.1) is 0 Å². The van der Waals surface area contributed by atoms with Crippen LogP contribution < -0.4 is 0 Å². The van der Waals surface area contributed by atoms with Crippen LogP contribution in [0, 0.1) is 12.3 Å². The van der Waals surface area contributed by atoms with Crippen molar-refractivity contribution in [3.63, 3.8) is 0 Å². The van der Waals surface area contributed by atoms with Crippen LogP contribution in [0.15, 0.2) is 18.2 Å². The van der Waals surface area contributed by atoms with Crippen LogP contribution in [-0.2, 0) is 4.79 Å². The Balaban J connectivity index is 2.27. The van der Waals surface area contributed by atoms with E-state index in [4.69, 9.17) is 11.6 Å². The highest BCUT2D eigenvalue weighted by molar-refractivity contribution is 6.34. The van der Waals surface area contributed by atoms with Gasteiger partial charge in [-0.25, -0.2) is 0 Å². The quantitative estimate of drug-likeness (QED) is 0.931. The average Bonchev–Trinajstić information content (AvgIpc) is 2.49. The van der Waals surface area contributed by atoms with Gasteiger partial charge >= 0.3 is 5.97 Å². The molecule has 0 spiro atoms. The number of likely N-dealkylation sites (tertiary alicyclic amines) is 1. The highest BCUT2D eigenvalue weighted by Gasteiger charge is 2.42. The van der Waals surface area contributed by atoms with Gasteiger partial charge in [-0.2, -0.15) is 0 Å². The van der Waals surface area contributed by atoms with Gasteiger partial charge in [0.25, 0.3) is 5.91 Å². The summed E-state index contributed by atoms with van der Waals surface area (Å²) in [5, 5.41) is 9.94. The lowest BCUT2D eigenvalue weighted by molar-refractivity contribution is -0.152. The Bertz CT molecular complexity index is 573. The lowest BCUT2D eigenvalue weighted by Crippen LogP contribution is -2.49.